The fourth-order valence-electron chi connectivity index (χ4n) is 2.65. The summed E-state index contributed by atoms with van der Waals surface area (Å²) in [6.07, 6.45) is 0.864. The number of sulfonamides is 1. The van der Waals surface area contributed by atoms with Crippen molar-refractivity contribution in [2.24, 2.45) is 0 Å². The van der Waals surface area contributed by atoms with Crippen molar-refractivity contribution in [2.45, 2.75) is 24.3 Å². The second-order valence-corrected chi connectivity index (χ2v) is 8.16. The average Bonchev–Trinajstić information content (AvgIpc) is 3.08. The third-order valence-electron chi connectivity index (χ3n) is 4.22. The molecule has 0 saturated carbocycles. The van der Waals surface area contributed by atoms with E-state index in [1.54, 1.807) is 11.9 Å². The normalized spacial score (nSPS) is 16.8. The van der Waals surface area contributed by atoms with Crippen LogP contribution in [0.3, 0.4) is 0 Å². The van der Waals surface area contributed by atoms with Crippen LogP contribution in [0.5, 0.6) is 0 Å². The molecule has 1 fully saturated rings. The van der Waals surface area contributed by atoms with Crippen molar-refractivity contribution in [3.05, 3.63) is 24.3 Å². The van der Waals surface area contributed by atoms with E-state index in [9.17, 15) is 18.0 Å². The summed E-state index contributed by atoms with van der Waals surface area (Å²) in [7, 11) is -0.697. The Morgan fingerprint density at radius 2 is 1.85 bits per heavy atom. The molecule has 1 saturated heterocycles. The molecule has 1 unspecified atom stereocenters. The van der Waals surface area contributed by atoms with Crippen molar-refractivity contribution in [2.75, 3.05) is 39.0 Å². The number of likely N-dealkylation sites (N-methyl/N-ethyl adjacent to an activating group) is 2. The number of hydrogen-bond acceptors (Lipinski definition) is 5. The minimum absolute atomic E-state index is 0. The first-order valence-corrected chi connectivity index (χ1v) is 9.46. The van der Waals surface area contributed by atoms with E-state index in [0.29, 0.717) is 5.69 Å². The molecule has 1 aromatic carbocycles. The van der Waals surface area contributed by atoms with Gasteiger partial charge in [0, 0.05) is 39.3 Å². The van der Waals surface area contributed by atoms with Crippen LogP contribution in [0.4, 0.5) is 5.69 Å². The van der Waals surface area contributed by atoms with Crippen molar-refractivity contribution in [3.63, 3.8) is 0 Å². The number of anilines is 1. The third-order valence-corrected chi connectivity index (χ3v) is 6.03. The summed E-state index contributed by atoms with van der Waals surface area (Å²) in [5.41, 5.74) is 0.513. The number of carbonyl (C=O) groups excluding carboxylic acids is 2. The monoisotopic (exact) mass is 404 g/mol. The largest absolute Gasteiger partial charge is 0.340 e. The maximum atomic E-state index is 12.6. The highest BCUT2D eigenvalue weighted by molar-refractivity contribution is 7.89. The first-order chi connectivity index (χ1) is 11.7. The van der Waals surface area contributed by atoms with Gasteiger partial charge in [-0.15, -0.1) is 12.4 Å². The lowest BCUT2D eigenvalue weighted by molar-refractivity contribution is -0.131. The van der Waals surface area contributed by atoms with Gasteiger partial charge in [-0.05, 0) is 37.2 Å². The second-order valence-electron chi connectivity index (χ2n) is 6.12. The molecule has 1 aromatic rings. The summed E-state index contributed by atoms with van der Waals surface area (Å²) in [4.78, 5) is 25.0. The number of hydrogen-bond donors (Lipinski definition) is 2. The zero-order chi connectivity index (χ0) is 18.6. The van der Waals surface area contributed by atoms with Gasteiger partial charge >= 0.3 is 0 Å². The van der Waals surface area contributed by atoms with Crippen LogP contribution in [0.25, 0.3) is 0 Å². The maximum Gasteiger partial charge on any atom is 0.243 e. The fourth-order valence-corrected chi connectivity index (χ4v) is 3.77. The van der Waals surface area contributed by atoms with E-state index in [4.69, 9.17) is 0 Å². The summed E-state index contributed by atoms with van der Waals surface area (Å²) >= 11 is 0. The standard InChI is InChI=1S/C16H24N4O4S.ClH/c1-12(21)18-13-4-6-15(7-5-13)25(23,24)19(2)11-16(22)20(3)14-8-9-17-10-14;/h4-7,14,17H,8-11H2,1-3H3,(H,18,21);1H. The van der Waals surface area contributed by atoms with E-state index in [1.807, 2.05) is 0 Å². The van der Waals surface area contributed by atoms with Crippen LogP contribution in [0.15, 0.2) is 29.2 Å². The summed E-state index contributed by atoms with van der Waals surface area (Å²) < 4.78 is 26.2. The lowest BCUT2D eigenvalue weighted by Crippen LogP contribution is -2.44. The molecule has 2 amide bonds. The van der Waals surface area contributed by atoms with Crippen molar-refractivity contribution in [1.29, 1.82) is 0 Å². The van der Waals surface area contributed by atoms with E-state index in [2.05, 4.69) is 10.6 Å². The second kappa shape index (κ2) is 9.31. The molecule has 0 aliphatic carbocycles. The van der Waals surface area contributed by atoms with E-state index in [-0.39, 0.29) is 41.7 Å². The fraction of sp³-hybridized carbons (Fsp3) is 0.500. The third kappa shape index (κ3) is 5.41. The van der Waals surface area contributed by atoms with Gasteiger partial charge in [0.2, 0.25) is 21.8 Å². The highest BCUT2D eigenvalue weighted by atomic mass is 35.5. The quantitative estimate of drug-likeness (QED) is 0.719. The number of benzene rings is 1. The minimum Gasteiger partial charge on any atom is -0.340 e. The molecule has 2 rings (SSSR count). The van der Waals surface area contributed by atoms with Crippen LogP contribution < -0.4 is 10.6 Å². The van der Waals surface area contributed by atoms with Gasteiger partial charge in [-0.3, -0.25) is 9.59 Å². The predicted molar refractivity (Wildman–Crippen MR) is 102 cm³/mol. The number of halogens is 1. The van der Waals surface area contributed by atoms with Crippen LogP contribution >= 0.6 is 12.4 Å². The number of carbonyl (C=O) groups is 2. The van der Waals surface area contributed by atoms with Gasteiger partial charge in [-0.25, -0.2) is 8.42 Å². The van der Waals surface area contributed by atoms with Crippen molar-refractivity contribution in [1.82, 2.24) is 14.5 Å². The summed E-state index contributed by atoms with van der Waals surface area (Å²) in [5.74, 6) is -0.475. The van der Waals surface area contributed by atoms with Gasteiger partial charge in [-0.1, -0.05) is 0 Å². The van der Waals surface area contributed by atoms with Crippen molar-refractivity contribution >= 4 is 39.9 Å². The van der Waals surface area contributed by atoms with Crippen LogP contribution in [-0.2, 0) is 19.6 Å². The topological polar surface area (TPSA) is 98.8 Å². The zero-order valence-corrected chi connectivity index (χ0v) is 16.7. The number of rotatable bonds is 6. The van der Waals surface area contributed by atoms with Gasteiger partial charge < -0.3 is 15.5 Å². The van der Waals surface area contributed by atoms with E-state index in [1.165, 1.54) is 38.2 Å². The van der Waals surface area contributed by atoms with Gasteiger partial charge in [0.1, 0.15) is 0 Å². The minimum atomic E-state index is -3.78. The zero-order valence-electron chi connectivity index (χ0n) is 15.1. The molecule has 1 aliphatic heterocycles. The summed E-state index contributed by atoms with van der Waals surface area (Å²) in [6.45, 7) is 2.74. The van der Waals surface area contributed by atoms with Gasteiger partial charge in [-0.2, -0.15) is 4.31 Å². The number of nitrogens with zero attached hydrogens (tertiary/aromatic N) is 2. The lowest BCUT2D eigenvalue weighted by atomic mass is 10.2. The Hall–Kier alpha value is -1.68. The number of amides is 2. The molecule has 0 aromatic heterocycles. The van der Waals surface area contributed by atoms with Crippen LogP contribution in [0.1, 0.15) is 13.3 Å². The van der Waals surface area contributed by atoms with Gasteiger partial charge in [0.25, 0.3) is 0 Å². The molecule has 0 radical (unpaired) electrons. The summed E-state index contributed by atoms with van der Waals surface area (Å²) in [5, 5.41) is 5.76. The molecule has 0 bridgehead atoms. The van der Waals surface area contributed by atoms with Crippen molar-refractivity contribution < 1.29 is 18.0 Å². The molecule has 2 N–H and O–H groups in total. The molecule has 10 heteroatoms. The SMILES string of the molecule is CC(=O)Nc1ccc(S(=O)(=O)N(C)CC(=O)N(C)C2CCNC2)cc1.Cl. The lowest BCUT2D eigenvalue weighted by Gasteiger charge is -2.26. The van der Waals surface area contributed by atoms with Gasteiger partial charge in [0.15, 0.2) is 0 Å². The highest BCUT2D eigenvalue weighted by Gasteiger charge is 2.28. The van der Waals surface area contributed by atoms with E-state index in [0.717, 1.165) is 23.8 Å². The van der Waals surface area contributed by atoms with Crippen LogP contribution in [-0.4, -0.2) is 69.2 Å². The van der Waals surface area contributed by atoms with Gasteiger partial charge in [0.05, 0.1) is 11.4 Å². The number of nitrogens with one attached hydrogen (secondary N) is 2. The smallest absolute Gasteiger partial charge is 0.243 e. The molecule has 146 valence electrons. The molecule has 1 aliphatic rings. The van der Waals surface area contributed by atoms with E-state index >= 15 is 0 Å². The Kier molecular flexibility index (Phi) is 8.01. The molecule has 8 nitrogen and oxygen atoms in total. The Labute approximate surface area is 160 Å². The first kappa shape index (κ1) is 22.4. The molecular formula is C16H25ClN4O4S. The Bertz CT molecular complexity index is 733. The Balaban J connectivity index is 0.00000338. The highest BCUT2D eigenvalue weighted by Crippen LogP contribution is 2.18. The van der Waals surface area contributed by atoms with Crippen LogP contribution in [0, 0.1) is 0 Å². The van der Waals surface area contributed by atoms with E-state index < -0.39 is 10.0 Å². The molecular weight excluding hydrogens is 380 g/mol. The van der Waals surface area contributed by atoms with Crippen LogP contribution in [0.2, 0.25) is 0 Å². The molecule has 0 spiro atoms. The predicted octanol–water partition coefficient (Wildman–Crippen LogP) is 0.508. The molecule has 1 heterocycles. The van der Waals surface area contributed by atoms with Crippen molar-refractivity contribution in [3.8, 4) is 0 Å². The summed E-state index contributed by atoms with van der Waals surface area (Å²) in [6, 6.07) is 5.94. The Morgan fingerprint density at radius 3 is 2.35 bits per heavy atom. The first-order valence-electron chi connectivity index (χ1n) is 8.02. The Morgan fingerprint density at radius 1 is 1.23 bits per heavy atom. The maximum absolute atomic E-state index is 12.6. The molecule has 26 heavy (non-hydrogen) atoms. The molecule has 1 atom stereocenters. The average molecular weight is 405 g/mol.